The van der Waals surface area contributed by atoms with E-state index in [2.05, 4.69) is 10.5 Å². The van der Waals surface area contributed by atoms with Crippen LogP contribution >= 0.6 is 0 Å². The number of amidine groups is 1. The molecule has 0 saturated heterocycles. The van der Waals surface area contributed by atoms with E-state index in [4.69, 9.17) is 15.4 Å². The maximum absolute atomic E-state index is 12.2. The first-order chi connectivity index (χ1) is 9.72. The summed E-state index contributed by atoms with van der Waals surface area (Å²) in [4.78, 5) is 12.2. The lowest BCUT2D eigenvalue weighted by molar-refractivity contribution is -0.121. The number of hydrogen-bond acceptors (Lipinski definition) is 4. The van der Waals surface area contributed by atoms with E-state index in [0.29, 0.717) is 11.3 Å². The molecule has 1 atom stereocenters. The highest BCUT2D eigenvalue weighted by atomic mass is 16.4. The Balaban J connectivity index is 2.13. The van der Waals surface area contributed by atoms with Crippen molar-refractivity contribution in [2.24, 2.45) is 10.9 Å². The monoisotopic (exact) mass is 273 g/mol. The highest BCUT2D eigenvalue weighted by Crippen LogP contribution is 2.16. The van der Waals surface area contributed by atoms with Gasteiger partial charge in [-0.25, -0.2) is 0 Å². The van der Waals surface area contributed by atoms with E-state index in [1.807, 2.05) is 6.07 Å². The standard InChI is InChI=1S/C14H15N3O3/c15-13(17-19)12(10-5-2-1-3-6-10)14(18)16-9-11-7-4-8-20-11/h1-8,12,19H,9H2,(H2,15,17)(H,16,18). The van der Waals surface area contributed by atoms with Crippen LogP contribution in [0.25, 0.3) is 0 Å². The molecule has 0 aliphatic heterocycles. The van der Waals surface area contributed by atoms with Crippen molar-refractivity contribution in [3.63, 3.8) is 0 Å². The minimum atomic E-state index is -0.837. The van der Waals surface area contributed by atoms with Gasteiger partial charge in [-0.3, -0.25) is 4.79 Å². The number of amides is 1. The fourth-order valence-corrected chi connectivity index (χ4v) is 1.85. The zero-order chi connectivity index (χ0) is 14.4. The Morgan fingerprint density at radius 1 is 1.30 bits per heavy atom. The molecular formula is C14H15N3O3. The van der Waals surface area contributed by atoms with Gasteiger partial charge in [0.05, 0.1) is 12.8 Å². The molecule has 1 unspecified atom stereocenters. The molecule has 1 heterocycles. The summed E-state index contributed by atoms with van der Waals surface area (Å²) in [5.74, 6) is -0.725. The van der Waals surface area contributed by atoms with Crippen molar-refractivity contribution in [3.8, 4) is 0 Å². The van der Waals surface area contributed by atoms with Gasteiger partial charge in [-0.15, -0.1) is 0 Å². The van der Waals surface area contributed by atoms with Crippen LogP contribution in [0, 0.1) is 0 Å². The summed E-state index contributed by atoms with van der Waals surface area (Å²) in [6.45, 7) is 0.244. The lowest BCUT2D eigenvalue weighted by Gasteiger charge is -2.15. The number of furan rings is 1. The van der Waals surface area contributed by atoms with E-state index in [1.165, 1.54) is 6.26 Å². The first-order valence-corrected chi connectivity index (χ1v) is 6.05. The summed E-state index contributed by atoms with van der Waals surface area (Å²) in [6, 6.07) is 12.4. The van der Waals surface area contributed by atoms with Crippen molar-refractivity contribution in [1.29, 1.82) is 0 Å². The number of rotatable bonds is 5. The predicted molar refractivity (Wildman–Crippen MR) is 73.1 cm³/mol. The Bertz CT molecular complexity index is 579. The average Bonchev–Trinajstić information content (AvgIpc) is 2.99. The second kappa shape index (κ2) is 6.42. The van der Waals surface area contributed by atoms with E-state index in [1.54, 1.807) is 36.4 Å². The van der Waals surface area contributed by atoms with Gasteiger partial charge in [-0.05, 0) is 17.7 Å². The second-order valence-corrected chi connectivity index (χ2v) is 4.17. The molecule has 20 heavy (non-hydrogen) atoms. The molecule has 0 radical (unpaired) electrons. The molecule has 1 aromatic heterocycles. The van der Waals surface area contributed by atoms with Crippen LogP contribution in [0.3, 0.4) is 0 Å². The maximum Gasteiger partial charge on any atom is 0.235 e. The summed E-state index contributed by atoms with van der Waals surface area (Å²) in [5.41, 5.74) is 6.27. The SMILES string of the molecule is NC(=NO)C(C(=O)NCc1ccco1)c1ccccc1. The third-order valence-corrected chi connectivity index (χ3v) is 2.82. The summed E-state index contributed by atoms with van der Waals surface area (Å²) in [6.07, 6.45) is 1.53. The van der Waals surface area contributed by atoms with Crippen molar-refractivity contribution in [2.45, 2.75) is 12.5 Å². The number of hydrogen-bond donors (Lipinski definition) is 3. The van der Waals surface area contributed by atoms with Gasteiger partial charge in [-0.2, -0.15) is 0 Å². The molecule has 0 spiro atoms. The lowest BCUT2D eigenvalue weighted by atomic mass is 9.97. The highest BCUT2D eigenvalue weighted by molar-refractivity contribution is 6.07. The number of benzene rings is 1. The van der Waals surface area contributed by atoms with Crippen LogP contribution in [-0.2, 0) is 11.3 Å². The van der Waals surface area contributed by atoms with Gasteiger partial charge in [-0.1, -0.05) is 35.5 Å². The van der Waals surface area contributed by atoms with Gasteiger partial charge in [0.2, 0.25) is 5.91 Å². The van der Waals surface area contributed by atoms with Crippen LogP contribution in [0.2, 0.25) is 0 Å². The minimum Gasteiger partial charge on any atom is -0.467 e. The number of carbonyl (C=O) groups is 1. The van der Waals surface area contributed by atoms with Crippen LogP contribution in [0.15, 0.2) is 58.3 Å². The molecule has 0 aliphatic rings. The molecular weight excluding hydrogens is 258 g/mol. The predicted octanol–water partition coefficient (Wildman–Crippen LogP) is 1.43. The Kier molecular flexibility index (Phi) is 4.39. The molecule has 6 heteroatoms. The van der Waals surface area contributed by atoms with Crippen LogP contribution in [-0.4, -0.2) is 17.0 Å². The summed E-state index contributed by atoms with van der Waals surface area (Å²) in [7, 11) is 0. The molecule has 4 N–H and O–H groups in total. The molecule has 2 rings (SSSR count). The molecule has 6 nitrogen and oxygen atoms in total. The van der Waals surface area contributed by atoms with E-state index >= 15 is 0 Å². The van der Waals surface area contributed by atoms with Crippen LogP contribution in [0.1, 0.15) is 17.2 Å². The second-order valence-electron chi connectivity index (χ2n) is 4.17. The van der Waals surface area contributed by atoms with Crippen molar-refractivity contribution < 1.29 is 14.4 Å². The fourth-order valence-electron chi connectivity index (χ4n) is 1.85. The fraction of sp³-hybridized carbons (Fsp3) is 0.143. The van der Waals surface area contributed by atoms with Crippen molar-refractivity contribution in [2.75, 3.05) is 0 Å². The molecule has 2 aromatic rings. The number of nitrogens with zero attached hydrogens (tertiary/aromatic N) is 1. The van der Waals surface area contributed by atoms with Gasteiger partial charge >= 0.3 is 0 Å². The number of nitrogens with one attached hydrogen (secondary N) is 1. The topological polar surface area (TPSA) is 101 Å². The zero-order valence-electron chi connectivity index (χ0n) is 10.7. The van der Waals surface area contributed by atoms with Gasteiger partial charge in [0.1, 0.15) is 11.7 Å². The Hall–Kier alpha value is -2.76. The Morgan fingerprint density at radius 2 is 2.05 bits per heavy atom. The average molecular weight is 273 g/mol. The van der Waals surface area contributed by atoms with Crippen molar-refractivity contribution >= 4 is 11.7 Å². The van der Waals surface area contributed by atoms with E-state index in [9.17, 15) is 4.79 Å². The summed E-state index contributed by atoms with van der Waals surface area (Å²) >= 11 is 0. The lowest BCUT2D eigenvalue weighted by Crippen LogP contribution is -2.36. The van der Waals surface area contributed by atoms with Gasteiger partial charge < -0.3 is 20.7 Å². The van der Waals surface area contributed by atoms with Gasteiger partial charge in [0.15, 0.2) is 5.84 Å². The van der Waals surface area contributed by atoms with Gasteiger partial charge in [0.25, 0.3) is 0 Å². The third kappa shape index (κ3) is 3.17. The molecule has 0 aliphatic carbocycles. The summed E-state index contributed by atoms with van der Waals surface area (Å²) < 4.78 is 5.13. The highest BCUT2D eigenvalue weighted by Gasteiger charge is 2.25. The van der Waals surface area contributed by atoms with E-state index < -0.39 is 5.92 Å². The smallest absolute Gasteiger partial charge is 0.235 e. The van der Waals surface area contributed by atoms with Crippen molar-refractivity contribution in [1.82, 2.24) is 5.32 Å². The Labute approximate surface area is 115 Å². The van der Waals surface area contributed by atoms with E-state index in [-0.39, 0.29) is 18.3 Å². The molecule has 0 saturated carbocycles. The van der Waals surface area contributed by atoms with Gasteiger partial charge in [0, 0.05) is 0 Å². The van der Waals surface area contributed by atoms with Crippen LogP contribution in [0.4, 0.5) is 0 Å². The van der Waals surface area contributed by atoms with Crippen molar-refractivity contribution in [3.05, 3.63) is 60.1 Å². The first-order valence-electron chi connectivity index (χ1n) is 6.05. The molecule has 0 bridgehead atoms. The molecule has 1 amide bonds. The largest absolute Gasteiger partial charge is 0.467 e. The zero-order valence-corrected chi connectivity index (χ0v) is 10.7. The molecule has 104 valence electrons. The number of oxime groups is 1. The number of nitrogens with two attached hydrogens (primary N) is 1. The van der Waals surface area contributed by atoms with Crippen LogP contribution in [0.5, 0.6) is 0 Å². The first kappa shape index (κ1) is 13.7. The molecule has 0 fully saturated rings. The Morgan fingerprint density at radius 3 is 2.65 bits per heavy atom. The normalized spacial score (nSPS) is 12.9. The van der Waals surface area contributed by atoms with Crippen LogP contribution < -0.4 is 11.1 Å². The summed E-state index contributed by atoms with van der Waals surface area (Å²) in [5, 5.41) is 14.5. The quantitative estimate of drug-likeness (QED) is 0.332. The maximum atomic E-state index is 12.2. The van der Waals surface area contributed by atoms with E-state index in [0.717, 1.165) is 0 Å². The third-order valence-electron chi connectivity index (χ3n) is 2.82. The minimum absolute atomic E-state index is 0.159. The molecule has 1 aromatic carbocycles. The number of carbonyl (C=O) groups excluding carboxylic acids is 1.